The van der Waals surface area contributed by atoms with Gasteiger partial charge in [-0.15, -0.1) is 0 Å². The van der Waals surface area contributed by atoms with Crippen LogP contribution in [-0.4, -0.2) is 29.0 Å². The Labute approximate surface area is 108 Å². The van der Waals surface area contributed by atoms with Crippen molar-refractivity contribution in [2.45, 2.75) is 25.9 Å². The second-order valence-electron chi connectivity index (χ2n) is 4.62. The van der Waals surface area contributed by atoms with Crippen molar-refractivity contribution in [3.8, 4) is 0 Å². The topological polar surface area (TPSA) is 40.5 Å². The van der Waals surface area contributed by atoms with E-state index < -0.39 is 0 Å². The Bertz CT molecular complexity index is 417. The molecule has 0 unspecified atom stereocenters. The van der Waals surface area contributed by atoms with E-state index >= 15 is 0 Å². The van der Waals surface area contributed by atoms with Crippen molar-refractivity contribution < 1.29 is 9.90 Å². The molecule has 96 valence electrons. The molecule has 2 rings (SSSR count). The average Bonchev–Trinajstić information content (AvgIpc) is 2.46. The number of benzene rings is 1. The molecule has 0 spiro atoms. The van der Waals surface area contributed by atoms with Crippen molar-refractivity contribution >= 4 is 12.0 Å². The van der Waals surface area contributed by atoms with Gasteiger partial charge in [0.1, 0.15) is 0 Å². The molecule has 1 N–H and O–H groups in total. The molecule has 0 aromatic heterocycles. The minimum Gasteiger partial charge on any atom is -0.392 e. The average molecular weight is 245 g/mol. The summed E-state index contributed by atoms with van der Waals surface area (Å²) >= 11 is 0. The summed E-state index contributed by atoms with van der Waals surface area (Å²) in [4.78, 5) is 13.8. The Morgan fingerprint density at radius 2 is 1.83 bits per heavy atom. The fraction of sp³-hybridized carbons (Fsp3) is 0.400. The van der Waals surface area contributed by atoms with E-state index in [-0.39, 0.29) is 12.5 Å². The number of rotatable bonds is 3. The number of piperidine rings is 1. The van der Waals surface area contributed by atoms with Crippen LogP contribution in [0.1, 0.15) is 30.4 Å². The molecule has 1 aromatic carbocycles. The molecule has 0 atom stereocenters. The summed E-state index contributed by atoms with van der Waals surface area (Å²) < 4.78 is 0. The van der Waals surface area contributed by atoms with E-state index in [0.29, 0.717) is 0 Å². The summed E-state index contributed by atoms with van der Waals surface area (Å²) in [5, 5.41) is 8.94. The van der Waals surface area contributed by atoms with Gasteiger partial charge in [-0.25, -0.2) is 0 Å². The summed E-state index contributed by atoms with van der Waals surface area (Å²) in [5.41, 5.74) is 1.87. The number of nitrogens with zero attached hydrogens (tertiary/aromatic N) is 1. The van der Waals surface area contributed by atoms with E-state index in [1.165, 1.54) is 6.42 Å². The SMILES string of the molecule is O=C(/C=C/c1ccc(CO)cc1)N1CCCCC1. The van der Waals surface area contributed by atoms with Gasteiger partial charge < -0.3 is 10.0 Å². The number of hydrogen-bond donors (Lipinski definition) is 1. The van der Waals surface area contributed by atoms with Crippen LogP contribution in [-0.2, 0) is 11.4 Å². The number of aliphatic hydroxyl groups excluding tert-OH is 1. The Morgan fingerprint density at radius 1 is 1.17 bits per heavy atom. The van der Waals surface area contributed by atoms with Gasteiger partial charge in [-0.3, -0.25) is 4.79 Å². The highest BCUT2D eigenvalue weighted by Crippen LogP contribution is 2.10. The van der Waals surface area contributed by atoms with E-state index in [1.807, 2.05) is 35.2 Å². The molecule has 1 aliphatic rings. The van der Waals surface area contributed by atoms with Gasteiger partial charge in [0.15, 0.2) is 0 Å². The molecular formula is C15H19NO2. The predicted octanol–water partition coefficient (Wildman–Crippen LogP) is 2.20. The molecule has 1 aliphatic heterocycles. The molecule has 1 heterocycles. The highest BCUT2D eigenvalue weighted by Gasteiger charge is 2.13. The first-order chi connectivity index (χ1) is 8.79. The summed E-state index contributed by atoms with van der Waals surface area (Å²) in [6, 6.07) is 7.55. The lowest BCUT2D eigenvalue weighted by Gasteiger charge is -2.25. The third kappa shape index (κ3) is 3.44. The Morgan fingerprint density at radius 3 is 2.44 bits per heavy atom. The molecular weight excluding hydrogens is 226 g/mol. The molecule has 1 aromatic rings. The van der Waals surface area contributed by atoms with E-state index in [1.54, 1.807) is 6.08 Å². The van der Waals surface area contributed by atoms with Gasteiger partial charge in [-0.2, -0.15) is 0 Å². The number of carbonyl (C=O) groups excluding carboxylic acids is 1. The van der Waals surface area contributed by atoms with Gasteiger partial charge >= 0.3 is 0 Å². The summed E-state index contributed by atoms with van der Waals surface area (Å²) in [5.74, 6) is 0.0981. The minimum atomic E-state index is 0.0523. The first-order valence-corrected chi connectivity index (χ1v) is 6.46. The lowest BCUT2D eigenvalue weighted by Crippen LogP contribution is -2.34. The van der Waals surface area contributed by atoms with Crippen LogP contribution in [0.15, 0.2) is 30.3 Å². The molecule has 3 nitrogen and oxygen atoms in total. The predicted molar refractivity (Wildman–Crippen MR) is 71.8 cm³/mol. The molecule has 1 saturated heterocycles. The van der Waals surface area contributed by atoms with Gasteiger partial charge in [0.25, 0.3) is 0 Å². The van der Waals surface area contributed by atoms with Crippen molar-refractivity contribution in [3.63, 3.8) is 0 Å². The number of aliphatic hydroxyl groups is 1. The van der Waals surface area contributed by atoms with Crippen molar-refractivity contribution in [1.29, 1.82) is 0 Å². The summed E-state index contributed by atoms with van der Waals surface area (Å²) in [6.07, 6.45) is 6.93. The molecule has 3 heteroatoms. The fourth-order valence-electron chi connectivity index (χ4n) is 2.12. The van der Waals surface area contributed by atoms with Crippen molar-refractivity contribution in [1.82, 2.24) is 4.90 Å². The molecule has 1 fully saturated rings. The zero-order valence-electron chi connectivity index (χ0n) is 10.5. The highest BCUT2D eigenvalue weighted by molar-refractivity contribution is 5.91. The monoisotopic (exact) mass is 245 g/mol. The zero-order chi connectivity index (χ0) is 12.8. The first kappa shape index (κ1) is 12.8. The lowest BCUT2D eigenvalue weighted by atomic mass is 10.1. The van der Waals surface area contributed by atoms with Gasteiger partial charge in [-0.05, 0) is 36.5 Å². The molecule has 0 aliphatic carbocycles. The molecule has 1 amide bonds. The summed E-state index contributed by atoms with van der Waals surface area (Å²) in [7, 11) is 0. The maximum Gasteiger partial charge on any atom is 0.246 e. The second kappa shape index (κ2) is 6.36. The first-order valence-electron chi connectivity index (χ1n) is 6.46. The zero-order valence-corrected chi connectivity index (χ0v) is 10.5. The van der Waals surface area contributed by atoms with Crippen LogP contribution in [0.5, 0.6) is 0 Å². The van der Waals surface area contributed by atoms with Crippen molar-refractivity contribution in [2.24, 2.45) is 0 Å². The largest absolute Gasteiger partial charge is 0.392 e. The van der Waals surface area contributed by atoms with Crippen LogP contribution in [0.25, 0.3) is 6.08 Å². The Hall–Kier alpha value is -1.61. The number of amides is 1. The maximum atomic E-state index is 11.9. The van der Waals surface area contributed by atoms with Gasteiger partial charge in [0, 0.05) is 19.2 Å². The lowest BCUT2D eigenvalue weighted by molar-refractivity contribution is -0.126. The summed E-state index contributed by atoms with van der Waals surface area (Å²) in [6.45, 7) is 1.82. The smallest absolute Gasteiger partial charge is 0.246 e. The van der Waals surface area contributed by atoms with Crippen LogP contribution in [0, 0.1) is 0 Å². The third-order valence-electron chi connectivity index (χ3n) is 3.25. The van der Waals surface area contributed by atoms with Crippen LogP contribution in [0.3, 0.4) is 0 Å². The second-order valence-corrected chi connectivity index (χ2v) is 4.62. The van der Waals surface area contributed by atoms with Crippen LogP contribution in [0.2, 0.25) is 0 Å². The van der Waals surface area contributed by atoms with E-state index in [0.717, 1.165) is 37.1 Å². The van der Waals surface area contributed by atoms with E-state index in [2.05, 4.69) is 0 Å². The molecule has 0 bridgehead atoms. The number of carbonyl (C=O) groups is 1. The quantitative estimate of drug-likeness (QED) is 0.829. The molecule has 18 heavy (non-hydrogen) atoms. The highest BCUT2D eigenvalue weighted by atomic mass is 16.3. The minimum absolute atomic E-state index is 0.0523. The maximum absolute atomic E-state index is 11.9. The van der Waals surface area contributed by atoms with Crippen LogP contribution >= 0.6 is 0 Å². The fourth-order valence-corrected chi connectivity index (χ4v) is 2.12. The number of hydrogen-bond acceptors (Lipinski definition) is 2. The molecule has 0 saturated carbocycles. The van der Waals surface area contributed by atoms with Gasteiger partial charge in [0.05, 0.1) is 6.61 Å². The van der Waals surface area contributed by atoms with Crippen molar-refractivity contribution in [3.05, 3.63) is 41.5 Å². The third-order valence-corrected chi connectivity index (χ3v) is 3.25. The van der Waals surface area contributed by atoms with Gasteiger partial charge in [0.2, 0.25) is 5.91 Å². The normalized spacial score (nSPS) is 16.2. The Kier molecular flexibility index (Phi) is 4.53. The van der Waals surface area contributed by atoms with Gasteiger partial charge in [-0.1, -0.05) is 24.3 Å². The van der Waals surface area contributed by atoms with E-state index in [9.17, 15) is 4.79 Å². The van der Waals surface area contributed by atoms with Crippen LogP contribution in [0.4, 0.5) is 0 Å². The number of likely N-dealkylation sites (tertiary alicyclic amines) is 1. The Balaban J connectivity index is 1.94. The molecule has 0 radical (unpaired) electrons. The van der Waals surface area contributed by atoms with Crippen LogP contribution < -0.4 is 0 Å². The standard InChI is InChI=1S/C15H19NO2/c17-12-14-6-4-13(5-7-14)8-9-15(18)16-10-2-1-3-11-16/h4-9,17H,1-3,10-12H2/b9-8+. The van der Waals surface area contributed by atoms with Crippen molar-refractivity contribution in [2.75, 3.05) is 13.1 Å². The van der Waals surface area contributed by atoms with E-state index in [4.69, 9.17) is 5.11 Å².